The van der Waals surface area contributed by atoms with E-state index in [0.717, 1.165) is 10.6 Å². The van der Waals surface area contributed by atoms with E-state index in [1.165, 1.54) is 37.4 Å². The molecule has 2 N–H and O–H groups in total. The Morgan fingerprint density at radius 3 is 2.22 bits per heavy atom. The van der Waals surface area contributed by atoms with Crippen molar-refractivity contribution in [2.75, 3.05) is 27.2 Å². The van der Waals surface area contributed by atoms with Gasteiger partial charge in [0.05, 0.1) is 23.4 Å². The number of carbonyl (C=O) groups excluding carboxylic acids is 1. The normalized spacial score (nSPS) is 12.4. The van der Waals surface area contributed by atoms with E-state index in [1.807, 2.05) is 6.92 Å². The number of hydrogen-bond donors (Lipinski definition) is 2. The van der Waals surface area contributed by atoms with Crippen LogP contribution in [-0.4, -0.2) is 51.6 Å². The zero-order chi connectivity index (χ0) is 26.5. The lowest BCUT2D eigenvalue weighted by atomic mass is 10.2. The molecular weight excluding hydrogens is 506 g/mol. The van der Waals surface area contributed by atoms with Gasteiger partial charge in [0.15, 0.2) is 0 Å². The van der Waals surface area contributed by atoms with Gasteiger partial charge in [-0.3, -0.25) is 9.10 Å². The number of nitrogens with zero attached hydrogens (tertiary/aromatic N) is 3. The van der Waals surface area contributed by atoms with Crippen LogP contribution in [0.2, 0.25) is 0 Å². The molecule has 2 aromatic carbocycles. The molecule has 192 valence electrons. The van der Waals surface area contributed by atoms with Crippen LogP contribution in [-0.2, 0) is 24.8 Å². The van der Waals surface area contributed by atoms with Gasteiger partial charge in [0, 0.05) is 17.6 Å². The van der Waals surface area contributed by atoms with E-state index in [2.05, 4.69) is 20.0 Å². The Morgan fingerprint density at radius 1 is 1.03 bits per heavy atom. The lowest BCUT2D eigenvalue weighted by molar-refractivity contribution is -0.116. The van der Waals surface area contributed by atoms with E-state index in [-0.39, 0.29) is 16.5 Å². The Morgan fingerprint density at radius 2 is 1.67 bits per heavy atom. The third-order valence-electron chi connectivity index (χ3n) is 4.94. The Balaban J connectivity index is 1.75. The van der Waals surface area contributed by atoms with Crippen LogP contribution in [0.3, 0.4) is 0 Å². The van der Waals surface area contributed by atoms with Gasteiger partial charge in [-0.2, -0.15) is 0 Å². The smallest absolute Gasteiger partial charge is 0.264 e. The summed E-state index contributed by atoms with van der Waals surface area (Å²) in [5, 5.41) is 2.62. The maximum absolute atomic E-state index is 12.9. The summed E-state index contributed by atoms with van der Waals surface area (Å²) in [6.45, 7) is 5.46. The van der Waals surface area contributed by atoms with Crippen molar-refractivity contribution in [2.45, 2.75) is 31.7 Å². The highest BCUT2D eigenvalue weighted by atomic mass is 32.2. The van der Waals surface area contributed by atoms with Crippen LogP contribution in [0.25, 0.3) is 0 Å². The molecule has 1 heterocycles. The maximum Gasteiger partial charge on any atom is 0.264 e. The number of aromatic nitrogens is 2. The molecule has 3 aromatic rings. The number of rotatable bonds is 10. The SMILES string of the molecule is CCOc1ccc(N([C@@H](C)C(=O)Nc2ccc(S(=O)(=O)Nc3nccc(C)n3)cc2)S(C)(=O)=O)cc1. The quantitative estimate of drug-likeness (QED) is 0.404. The molecule has 13 heteroatoms. The summed E-state index contributed by atoms with van der Waals surface area (Å²) in [6.07, 6.45) is 2.45. The first-order valence-electron chi connectivity index (χ1n) is 10.9. The van der Waals surface area contributed by atoms with E-state index >= 15 is 0 Å². The van der Waals surface area contributed by atoms with Crippen LogP contribution in [0.4, 0.5) is 17.3 Å². The standard InChI is InChI=1S/C23H27N5O6S2/c1-5-34-20-10-8-19(9-11-20)28(35(4,30)31)17(3)22(29)26-18-6-12-21(13-7-18)36(32,33)27-23-24-15-14-16(2)25-23/h6-15,17H,5H2,1-4H3,(H,26,29)(H,24,25,27)/t17-/m0/s1. The average Bonchev–Trinajstić information content (AvgIpc) is 2.79. The molecule has 0 radical (unpaired) electrons. The van der Waals surface area contributed by atoms with Crippen molar-refractivity contribution in [1.29, 1.82) is 0 Å². The molecule has 3 rings (SSSR count). The molecule has 36 heavy (non-hydrogen) atoms. The first-order chi connectivity index (χ1) is 16.9. The molecule has 1 atom stereocenters. The molecular formula is C23H27N5O6S2. The van der Waals surface area contributed by atoms with Crippen molar-refractivity contribution in [3.63, 3.8) is 0 Å². The van der Waals surface area contributed by atoms with Gasteiger partial charge < -0.3 is 10.1 Å². The Labute approximate surface area is 210 Å². The first kappa shape index (κ1) is 26.9. The van der Waals surface area contributed by atoms with Crippen LogP contribution >= 0.6 is 0 Å². The fourth-order valence-electron chi connectivity index (χ4n) is 3.31. The van der Waals surface area contributed by atoms with Gasteiger partial charge in [-0.15, -0.1) is 0 Å². The van der Waals surface area contributed by atoms with Crippen molar-refractivity contribution in [3.05, 3.63) is 66.5 Å². The number of sulfonamides is 2. The molecule has 0 aliphatic heterocycles. The summed E-state index contributed by atoms with van der Waals surface area (Å²) in [6, 6.07) is 12.3. The second-order valence-electron chi connectivity index (χ2n) is 7.80. The van der Waals surface area contributed by atoms with Crippen LogP contribution in [0.1, 0.15) is 19.5 Å². The number of amides is 1. The minimum atomic E-state index is -3.95. The molecule has 0 fully saturated rings. The van der Waals surface area contributed by atoms with Gasteiger partial charge in [-0.1, -0.05) is 0 Å². The van der Waals surface area contributed by atoms with E-state index in [1.54, 1.807) is 37.3 Å². The summed E-state index contributed by atoms with van der Waals surface area (Å²) < 4.78 is 58.9. The molecule has 0 saturated carbocycles. The number of anilines is 3. The lowest BCUT2D eigenvalue weighted by Crippen LogP contribution is -2.45. The number of aryl methyl sites for hydroxylation is 1. The Bertz CT molecular complexity index is 1430. The summed E-state index contributed by atoms with van der Waals surface area (Å²) in [5.74, 6) is -0.0853. The number of ether oxygens (including phenoxy) is 1. The van der Waals surface area contributed by atoms with Crippen molar-refractivity contribution in [3.8, 4) is 5.75 Å². The number of hydrogen-bond acceptors (Lipinski definition) is 8. The predicted molar refractivity (Wildman–Crippen MR) is 137 cm³/mol. The Kier molecular flexibility index (Phi) is 8.15. The van der Waals surface area contributed by atoms with Crippen LogP contribution < -0.4 is 19.1 Å². The molecule has 0 saturated heterocycles. The second kappa shape index (κ2) is 10.9. The van der Waals surface area contributed by atoms with Gasteiger partial charge >= 0.3 is 0 Å². The predicted octanol–water partition coefficient (Wildman–Crippen LogP) is 2.78. The molecule has 11 nitrogen and oxygen atoms in total. The molecule has 1 amide bonds. The highest BCUT2D eigenvalue weighted by Gasteiger charge is 2.29. The Hall–Kier alpha value is -3.71. The minimum absolute atomic E-state index is 0.0589. The largest absolute Gasteiger partial charge is 0.494 e. The van der Waals surface area contributed by atoms with Crippen molar-refractivity contribution in [1.82, 2.24) is 9.97 Å². The molecule has 1 aromatic heterocycles. The average molecular weight is 534 g/mol. The second-order valence-corrected chi connectivity index (χ2v) is 11.3. The topological polar surface area (TPSA) is 148 Å². The highest BCUT2D eigenvalue weighted by Crippen LogP contribution is 2.25. The van der Waals surface area contributed by atoms with Crippen molar-refractivity contribution >= 4 is 43.3 Å². The van der Waals surface area contributed by atoms with Gasteiger partial charge in [0.25, 0.3) is 10.0 Å². The lowest BCUT2D eigenvalue weighted by Gasteiger charge is -2.28. The number of carbonyl (C=O) groups is 1. The van der Waals surface area contributed by atoms with Crippen LogP contribution in [0.5, 0.6) is 5.75 Å². The first-order valence-corrected chi connectivity index (χ1v) is 14.2. The minimum Gasteiger partial charge on any atom is -0.494 e. The van der Waals surface area contributed by atoms with Crippen LogP contribution in [0.15, 0.2) is 65.7 Å². The highest BCUT2D eigenvalue weighted by molar-refractivity contribution is 7.92. The van der Waals surface area contributed by atoms with Gasteiger partial charge in [0.2, 0.25) is 21.9 Å². The van der Waals surface area contributed by atoms with Crippen molar-refractivity contribution < 1.29 is 26.4 Å². The summed E-state index contributed by atoms with van der Waals surface area (Å²) in [4.78, 5) is 20.7. The number of nitrogens with one attached hydrogen (secondary N) is 2. The third kappa shape index (κ3) is 6.70. The van der Waals surface area contributed by atoms with E-state index in [9.17, 15) is 21.6 Å². The number of benzene rings is 2. The molecule has 0 spiro atoms. The maximum atomic E-state index is 12.9. The van der Waals surface area contributed by atoms with E-state index in [0.29, 0.717) is 23.7 Å². The third-order valence-corrected chi connectivity index (χ3v) is 7.53. The van der Waals surface area contributed by atoms with Crippen molar-refractivity contribution in [2.24, 2.45) is 0 Å². The fraction of sp³-hybridized carbons (Fsp3) is 0.261. The van der Waals surface area contributed by atoms with Gasteiger partial charge in [-0.25, -0.2) is 31.5 Å². The van der Waals surface area contributed by atoms with Gasteiger partial charge in [-0.05, 0) is 75.4 Å². The van der Waals surface area contributed by atoms with Crippen LogP contribution in [0, 0.1) is 6.92 Å². The van der Waals surface area contributed by atoms with E-state index < -0.39 is 32.0 Å². The summed E-state index contributed by atoms with van der Waals surface area (Å²) in [7, 11) is -7.76. The molecule has 0 aliphatic rings. The van der Waals surface area contributed by atoms with Gasteiger partial charge in [0.1, 0.15) is 11.8 Å². The zero-order valence-electron chi connectivity index (χ0n) is 20.2. The molecule has 0 aliphatic carbocycles. The zero-order valence-corrected chi connectivity index (χ0v) is 21.8. The summed E-state index contributed by atoms with van der Waals surface area (Å²) >= 11 is 0. The monoisotopic (exact) mass is 533 g/mol. The van der Waals surface area contributed by atoms with E-state index in [4.69, 9.17) is 4.74 Å². The summed E-state index contributed by atoms with van der Waals surface area (Å²) in [5.41, 5.74) is 1.19. The fourth-order valence-corrected chi connectivity index (χ4v) is 5.43. The molecule has 0 unspecified atom stereocenters. The molecule has 0 bridgehead atoms.